The highest BCUT2D eigenvalue weighted by molar-refractivity contribution is 5.98. The average Bonchev–Trinajstić information content (AvgIpc) is 3.28. The molecular weight excluding hydrogens is 859 g/mol. The zero-order valence-electron chi connectivity index (χ0n) is 37.9. The van der Waals surface area contributed by atoms with Crippen molar-refractivity contribution in [3.05, 3.63) is 107 Å². The van der Waals surface area contributed by atoms with Crippen LogP contribution in [0.5, 0.6) is 11.5 Å². The molecular formula is C49H55NO16. The zero-order chi connectivity index (χ0) is 48.1. The molecule has 3 aliphatic carbocycles. The molecule has 11 atom stereocenters. The predicted molar refractivity (Wildman–Crippen MR) is 231 cm³/mol. The van der Waals surface area contributed by atoms with Gasteiger partial charge in [0.15, 0.2) is 23.6 Å². The van der Waals surface area contributed by atoms with Crippen LogP contribution in [0.1, 0.15) is 86.7 Å². The lowest BCUT2D eigenvalue weighted by Crippen LogP contribution is -2.82. The number of esters is 4. The number of ether oxygens (including phenoxy) is 7. The molecule has 4 aliphatic rings. The maximum Gasteiger partial charge on any atom is 0.338 e. The standard InChI is InChI=1S/C49H55NO16/c1-25-33(64-45(58)38(54)37(28-15-11-9-12-16-28)50-43(56)31-20-19-30(60-7)21-32(31)61-8)23-49(59)42(65-44(57)29-17-13-10-14-18-29)40-47(6,34(53)22-35-48(40,24-62-35)66-27(3)52)41(55)39(63-26(2)51)36(25)46(49,4)5/h9-21,33-35,37-40,42,53-54,59H,22-24H2,1-8H3,(H,50,56)/t33-,34-,35+,37-,38+,39+,40-,42-,47+,48-,49+/m0/s1. The molecule has 1 amide bonds. The van der Waals surface area contributed by atoms with Gasteiger partial charge in [0.1, 0.15) is 35.4 Å². The van der Waals surface area contributed by atoms with Gasteiger partial charge in [0.25, 0.3) is 5.91 Å². The van der Waals surface area contributed by atoms with Gasteiger partial charge in [-0.15, -0.1) is 0 Å². The van der Waals surface area contributed by atoms with Gasteiger partial charge in [-0.2, -0.15) is 0 Å². The normalized spacial score (nSPS) is 30.6. The Kier molecular flexibility index (Phi) is 13.0. The summed E-state index contributed by atoms with van der Waals surface area (Å²) in [6, 6.07) is 19.0. The number of ketones is 1. The number of fused-ring (bicyclic) bond motifs is 5. The van der Waals surface area contributed by atoms with Gasteiger partial charge < -0.3 is 53.8 Å². The van der Waals surface area contributed by atoms with Gasteiger partial charge >= 0.3 is 23.9 Å². The first-order chi connectivity index (χ1) is 31.2. The van der Waals surface area contributed by atoms with Gasteiger partial charge in [-0.05, 0) is 54.8 Å². The molecule has 0 aromatic heterocycles. The number of rotatable bonds is 12. The van der Waals surface area contributed by atoms with Crippen molar-refractivity contribution in [2.45, 2.75) is 108 Å². The zero-order valence-corrected chi connectivity index (χ0v) is 37.9. The average molecular weight is 914 g/mol. The van der Waals surface area contributed by atoms with Gasteiger partial charge in [0, 0.05) is 38.2 Å². The van der Waals surface area contributed by atoms with Gasteiger partial charge in [-0.25, -0.2) is 9.59 Å². The molecule has 0 spiro atoms. The molecule has 352 valence electrons. The maximum atomic E-state index is 15.5. The van der Waals surface area contributed by atoms with Crippen LogP contribution in [0.4, 0.5) is 0 Å². The second-order valence-electron chi connectivity index (χ2n) is 18.1. The second-order valence-corrected chi connectivity index (χ2v) is 18.1. The van der Waals surface area contributed by atoms with E-state index in [1.807, 2.05) is 0 Å². The van der Waals surface area contributed by atoms with Crippen molar-refractivity contribution in [2.24, 2.45) is 16.7 Å². The molecule has 0 radical (unpaired) electrons. The van der Waals surface area contributed by atoms with Crippen LogP contribution in [0.25, 0.3) is 0 Å². The summed E-state index contributed by atoms with van der Waals surface area (Å²) in [5.41, 5.74) is -7.43. The molecule has 2 bridgehead atoms. The van der Waals surface area contributed by atoms with Crippen LogP contribution in [-0.4, -0.2) is 120 Å². The molecule has 3 aromatic rings. The minimum absolute atomic E-state index is 0.0237. The number of aliphatic hydroxyl groups is 3. The van der Waals surface area contributed by atoms with Gasteiger partial charge in [-0.3, -0.25) is 19.2 Å². The summed E-state index contributed by atoms with van der Waals surface area (Å²) in [5.74, 6) is -6.54. The summed E-state index contributed by atoms with van der Waals surface area (Å²) in [7, 11) is 2.81. The lowest BCUT2D eigenvalue weighted by molar-refractivity contribution is -0.346. The highest BCUT2D eigenvalue weighted by Gasteiger charge is 2.78. The Hall–Kier alpha value is -6.14. The smallest absolute Gasteiger partial charge is 0.338 e. The highest BCUT2D eigenvalue weighted by Crippen LogP contribution is 2.64. The van der Waals surface area contributed by atoms with Gasteiger partial charge in [0.05, 0.1) is 55.4 Å². The minimum Gasteiger partial charge on any atom is -0.497 e. The van der Waals surface area contributed by atoms with Gasteiger partial charge in [0.2, 0.25) is 0 Å². The van der Waals surface area contributed by atoms with Crippen LogP contribution in [0.2, 0.25) is 0 Å². The van der Waals surface area contributed by atoms with Crippen molar-refractivity contribution in [1.82, 2.24) is 5.32 Å². The monoisotopic (exact) mass is 913 g/mol. The number of hydrogen-bond donors (Lipinski definition) is 4. The summed E-state index contributed by atoms with van der Waals surface area (Å²) in [6.07, 6.45) is -10.7. The fraction of sp³-hybridized carbons (Fsp3) is 0.469. The first kappa shape index (κ1) is 47.8. The number of nitrogens with one attached hydrogen (secondary N) is 1. The Labute approximate surface area is 381 Å². The number of methoxy groups -OCH3 is 2. The van der Waals surface area contributed by atoms with Gasteiger partial charge in [-0.1, -0.05) is 62.4 Å². The highest BCUT2D eigenvalue weighted by atomic mass is 16.6. The minimum atomic E-state index is -2.42. The third-order valence-corrected chi connectivity index (χ3v) is 14.1. The summed E-state index contributed by atoms with van der Waals surface area (Å²) in [6.45, 7) is 7.90. The topological polar surface area (TPSA) is 240 Å². The van der Waals surface area contributed by atoms with Crippen LogP contribution in [0.15, 0.2) is 90.0 Å². The fourth-order valence-electron chi connectivity index (χ4n) is 10.6. The Morgan fingerprint density at radius 3 is 2.09 bits per heavy atom. The number of Topliss-reactive ketones (excluding diaryl/α,β-unsaturated/α-hetero) is 1. The Bertz CT molecular complexity index is 2440. The third kappa shape index (κ3) is 7.90. The summed E-state index contributed by atoms with van der Waals surface area (Å²) in [5, 5.41) is 40.5. The predicted octanol–water partition coefficient (Wildman–Crippen LogP) is 3.75. The molecule has 3 fully saturated rings. The van der Waals surface area contributed by atoms with E-state index in [-0.39, 0.29) is 41.1 Å². The molecule has 17 heteroatoms. The largest absolute Gasteiger partial charge is 0.497 e. The third-order valence-electron chi connectivity index (χ3n) is 14.1. The van der Waals surface area contributed by atoms with Crippen LogP contribution in [0.3, 0.4) is 0 Å². The van der Waals surface area contributed by atoms with Crippen LogP contribution < -0.4 is 14.8 Å². The lowest BCUT2D eigenvalue weighted by atomic mass is 9.44. The molecule has 0 unspecified atom stereocenters. The quantitative estimate of drug-likeness (QED) is 0.115. The van der Waals surface area contributed by atoms with Crippen molar-refractivity contribution in [2.75, 3.05) is 20.8 Å². The van der Waals surface area contributed by atoms with E-state index in [2.05, 4.69) is 5.32 Å². The van der Waals surface area contributed by atoms with Crippen LogP contribution in [0, 0.1) is 16.7 Å². The van der Waals surface area contributed by atoms with Crippen molar-refractivity contribution >= 4 is 35.6 Å². The molecule has 3 aromatic carbocycles. The van der Waals surface area contributed by atoms with Crippen molar-refractivity contribution in [1.29, 1.82) is 0 Å². The maximum absolute atomic E-state index is 15.5. The molecule has 1 saturated heterocycles. The number of aliphatic hydroxyl groups excluding tert-OH is 2. The molecule has 7 rings (SSSR count). The van der Waals surface area contributed by atoms with Crippen molar-refractivity contribution in [3.63, 3.8) is 0 Å². The lowest BCUT2D eigenvalue weighted by Gasteiger charge is -2.67. The van der Waals surface area contributed by atoms with Crippen LogP contribution >= 0.6 is 0 Å². The molecule has 2 saturated carbocycles. The molecule has 4 N–H and O–H groups in total. The number of benzene rings is 3. The fourth-order valence-corrected chi connectivity index (χ4v) is 10.6. The van der Waals surface area contributed by atoms with Crippen LogP contribution in [-0.2, 0) is 42.9 Å². The van der Waals surface area contributed by atoms with E-state index in [9.17, 15) is 39.3 Å². The van der Waals surface area contributed by atoms with E-state index in [0.29, 0.717) is 11.3 Å². The number of amides is 1. The number of carbonyl (C=O) groups excluding carboxylic acids is 6. The first-order valence-electron chi connectivity index (χ1n) is 21.5. The first-order valence-corrected chi connectivity index (χ1v) is 21.5. The van der Waals surface area contributed by atoms with E-state index in [1.54, 1.807) is 62.4 Å². The van der Waals surface area contributed by atoms with E-state index >= 15 is 4.79 Å². The molecule has 66 heavy (non-hydrogen) atoms. The second kappa shape index (κ2) is 17.9. The summed E-state index contributed by atoms with van der Waals surface area (Å²) >= 11 is 0. The summed E-state index contributed by atoms with van der Waals surface area (Å²) in [4.78, 5) is 84.3. The van der Waals surface area contributed by atoms with Crippen molar-refractivity contribution in [3.8, 4) is 11.5 Å². The Morgan fingerprint density at radius 2 is 1.52 bits per heavy atom. The number of hydrogen-bond acceptors (Lipinski definition) is 16. The molecule has 17 nitrogen and oxygen atoms in total. The SMILES string of the molecule is COc1ccc(C(=O)N[C@@H](c2ccccc2)[C@@H](O)C(=O)O[C@H]2C[C@@]3(O)[C@@H](OC(=O)c4ccccc4)[C@@H]4[C@]5(OC(C)=O)CO[C@@H]5C[C@H](O)[C@@]4(C)C(=O)[C@H](OC(C)=O)C(=C2C)C3(C)C)c(OC)c1. The van der Waals surface area contributed by atoms with E-state index in [4.69, 9.17) is 33.2 Å². The molecule has 1 heterocycles. The number of carbonyl (C=O) groups is 6. The molecule has 1 aliphatic heterocycles. The van der Waals surface area contributed by atoms with Crippen molar-refractivity contribution < 1.29 is 77.2 Å². The van der Waals surface area contributed by atoms with E-state index in [1.165, 1.54) is 58.4 Å². The Balaban J connectivity index is 1.37. The van der Waals surface area contributed by atoms with E-state index < -0.39 is 113 Å². The van der Waals surface area contributed by atoms with E-state index in [0.717, 1.165) is 13.8 Å². The Morgan fingerprint density at radius 1 is 0.864 bits per heavy atom. The summed E-state index contributed by atoms with van der Waals surface area (Å²) < 4.78 is 41.0.